The summed E-state index contributed by atoms with van der Waals surface area (Å²) in [4.78, 5) is 8.53. The lowest BCUT2D eigenvalue weighted by atomic mass is 10.0. The fraction of sp³-hybridized carbons (Fsp3) is 0.111. The highest BCUT2D eigenvalue weighted by molar-refractivity contribution is 6.33. The van der Waals surface area contributed by atoms with Crippen LogP contribution in [0.3, 0.4) is 0 Å². The van der Waals surface area contributed by atoms with Crippen molar-refractivity contribution in [1.29, 1.82) is 0 Å². The van der Waals surface area contributed by atoms with Crippen LogP contribution in [-0.4, -0.2) is 15.1 Å². The molecule has 3 rings (SSSR count). The molecule has 0 aliphatic rings. The standard InChI is InChI=1S/C18H16ClN3O/c1-10-7-11(2)17(23)13(8-10)16-9-15(21-18(20)22-16)12-5-3-4-6-14(12)19/h3-9,23H,1-2H3,(H2,20,21,22). The number of phenolic OH excluding ortho intramolecular Hbond substituents is 1. The van der Waals surface area contributed by atoms with E-state index in [4.69, 9.17) is 17.3 Å². The molecule has 0 saturated heterocycles. The van der Waals surface area contributed by atoms with Crippen molar-refractivity contribution in [3.8, 4) is 28.3 Å². The van der Waals surface area contributed by atoms with E-state index >= 15 is 0 Å². The minimum Gasteiger partial charge on any atom is -0.507 e. The number of aryl methyl sites for hydroxylation is 2. The van der Waals surface area contributed by atoms with Crippen molar-refractivity contribution in [1.82, 2.24) is 9.97 Å². The highest BCUT2D eigenvalue weighted by atomic mass is 35.5. The fourth-order valence-electron chi connectivity index (χ4n) is 2.57. The molecule has 1 heterocycles. The van der Waals surface area contributed by atoms with Gasteiger partial charge in [-0.15, -0.1) is 0 Å². The Kier molecular flexibility index (Phi) is 3.92. The number of nitrogens with two attached hydrogens (primary N) is 1. The Morgan fingerprint density at radius 2 is 1.61 bits per heavy atom. The van der Waals surface area contributed by atoms with Crippen LogP contribution in [0.1, 0.15) is 11.1 Å². The maximum Gasteiger partial charge on any atom is 0.221 e. The van der Waals surface area contributed by atoms with Gasteiger partial charge in [-0.05, 0) is 43.2 Å². The van der Waals surface area contributed by atoms with E-state index in [9.17, 15) is 5.11 Å². The maximum atomic E-state index is 10.4. The van der Waals surface area contributed by atoms with Gasteiger partial charge in [-0.2, -0.15) is 0 Å². The maximum absolute atomic E-state index is 10.4. The van der Waals surface area contributed by atoms with Gasteiger partial charge in [0.25, 0.3) is 0 Å². The zero-order valence-electron chi connectivity index (χ0n) is 12.8. The monoisotopic (exact) mass is 325 g/mol. The van der Waals surface area contributed by atoms with Gasteiger partial charge in [-0.3, -0.25) is 0 Å². The first-order chi connectivity index (χ1) is 11.0. The summed E-state index contributed by atoms with van der Waals surface area (Å²) in [6.45, 7) is 3.82. The van der Waals surface area contributed by atoms with Crippen LogP contribution in [0.5, 0.6) is 5.75 Å². The average molecular weight is 326 g/mol. The number of rotatable bonds is 2. The lowest BCUT2D eigenvalue weighted by Gasteiger charge is -2.11. The quantitative estimate of drug-likeness (QED) is 0.734. The zero-order chi connectivity index (χ0) is 16.6. The summed E-state index contributed by atoms with van der Waals surface area (Å²) >= 11 is 6.24. The molecule has 0 spiro atoms. The highest BCUT2D eigenvalue weighted by Crippen LogP contribution is 2.35. The van der Waals surface area contributed by atoms with Crippen LogP contribution in [0.15, 0.2) is 42.5 Å². The zero-order valence-corrected chi connectivity index (χ0v) is 13.6. The Bertz CT molecular complexity index is 893. The summed E-state index contributed by atoms with van der Waals surface area (Å²) in [6, 6.07) is 13.0. The number of hydrogen-bond acceptors (Lipinski definition) is 4. The normalized spacial score (nSPS) is 10.7. The minimum atomic E-state index is 0.135. The van der Waals surface area contributed by atoms with Crippen LogP contribution in [0.2, 0.25) is 5.02 Å². The first kappa shape index (κ1) is 15.3. The molecule has 3 aromatic rings. The van der Waals surface area contributed by atoms with Crippen LogP contribution in [0.25, 0.3) is 22.5 Å². The largest absolute Gasteiger partial charge is 0.507 e. The van der Waals surface area contributed by atoms with Crippen LogP contribution < -0.4 is 5.73 Å². The Balaban J connectivity index is 2.22. The Hall–Kier alpha value is -2.59. The van der Waals surface area contributed by atoms with Gasteiger partial charge in [-0.25, -0.2) is 9.97 Å². The van der Waals surface area contributed by atoms with Crippen LogP contribution in [-0.2, 0) is 0 Å². The van der Waals surface area contributed by atoms with Gasteiger partial charge < -0.3 is 10.8 Å². The predicted molar refractivity (Wildman–Crippen MR) is 93.5 cm³/mol. The SMILES string of the molecule is Cc1cc(C)c(O)c(-c2cc(-c3ccccc3Cl)nc(N)n2)c1. The lowest BCUT2D eigenvalue weighted by Crippen LogP contribution is -1.99. The van der Waals surface area contributed by atoms with Crippen molar-refractivity contribution in [3.63, 3.8) is 0 Å². The van der Waals surface area contributed by atoms with Crippen molar-refractivity contribution in [2.75, 3.05) is 5.73 Å². The van der Waals surface area contributed by atoms with E-state index in [1.165, 1.54) is 0 Å². The molecule has 0 atom stereocenters. The van der Waals surface area contributed by atoms with Crippen molar-refractivity contribution >= 4 is 17.5 Å². The number of aromatic nitrogens is 2. The molecule has 3 N–H and O–H groups in total. The topological polar surface area (TPSA) is 72.0 Å². The number of nitrogens with zero attached hydrogens (tertiary/aromatic N) is 2. The van der Waals surface area contributed by atoms with E-state index in [1.54, 1.807) is 12.1 Å². The van der Waals surface area contributed by atoms with E-state index in [0.29, 0.717) is 22.0 Å². The Labute approximate surface area is 139 Å². The number of halogens is 1. The molecule has 0 fully saturated rings. The van der Waals surface area contributed by atoms with Crippen LogP contribution in [0, 0.1) is 13.8 Å². The smallest absolute Gasteiger partial charge is 0.221 e. The van der Waals surface area contributed by atoms with Gasteiger partial charge in [0, 0.05) is 16.1 Å². The fourth-order valence-corrected chi connectivity index (χ4v) is 2.80. The van der Waals surface area contributed by atoms with Crippen molar-refractivity contribution < 1.29 is 5.11 Å². The molecule has 0 unspecified atom stereocenters. The molecule has 116 valence electrons. The summed E-state index contributed by atoms with van der Waals surface area (Å²) < 4.78 is 0. The molecule has 1 aromatic heterocycles. The molecule has 5 heteroatoms. The molecular formula is C18H16ClN3O. The summed E-state index contributed by atoms with van der Waals surface area (Å²) in [6.07, 6.45) is 0. The van der Waals surface area contributed by atoms with E-state index in [1.807, 2.05) is 44.2 Å². The first-order valence-corrected chi connectivity index (χ1v) is 7.53. The molecule has 0 aliphatic heterocycles. The second-order valence-corrected chi connectivity index (χ2v) is 5.86. The third kappa shape index (κ3) is 2.98. The molecule has 0 saturated carbocycles. The van der Waals surface area contributed by atoms with Crippen molar-refractivity contribution in [2.24, 2.45) is 0 Å². The number of phenols is 1. The summed E-state index contributed by atoms with van der Waals surface area (Å²) in [7, 11) is 0. The summed E-state index contributed by atoms with van der Waals surface area (Å²) in [5.74, 6) is 0.329. The van der Waals surface area contributed by atoms with Gasteiger partial charge >= 0.3 is 0 Å². The van der Waals surface area contributed by atoms with Gasteiger partial charge in [0.2, 0.25) is 5.95 Å². The molecular weight excluding hydrogens is 310 g/mol. The Morgan fingerprint density at radius 1 is 0.957 bits per heavy atom. The van der Waals surface area contributed by atoms with Gasteiger partial charge in [0.15, 0.2) is 0 Å². The molecule has 4 nitrogen and oxygen atoms in total. The second-order valence-electron chi connectivity index (χ2n) is 5.45. The summed E-state index contributed by atoms with van der Waals surface area (Å²) in [5.41, 5.74) is 10.3. The number of anilines is 1. The molecule has 0 radical (unpaired) electrons. The lowest BCUT2D eigenvalue weighted by molar-refractivity contribution is 0.473. The molecule has 2 aromatic carbocycles. The summed E-state index contributed by atoms with van der Waals surface area (Å²) in [5, 5.41) is 10.9. The van der Waals surface area contributed by atoms with Crippen LogP contribution in [0.4, 0.5) is 5.95 Å². The van der Waals surface area contributed by atoms with E-state index in [2.05, 4.69) is 9.97 Å². The third-order valence-corrected chi connectivity index (χ3v) is 3.94. The highest BCUT2D eigenvalue weighted by Gasteiger charge is 2.13. The average Bonchev–Trinajstić information content (AvgIpc) is 2.50. The minimum absolute atomic E-state index is 0.135. The molecule has 0 bridgehead atoms. The van der Waals surface area contributed by atoms with Crippen molar-refractivity contribution in [3.05, 3.63) is 58.6 Å². The molecule has 0 amide bonds. The van der Waals surface area contributed by atoms with Gasteiger partial charge in [-0.1, -0.05) is 35.9 Å². The number of hydrogen-bond donors (Lipinski definition) is 2. The second kappa shape index (κ2) is 5.89. The number of benzene rings is 2. The Morgan fingerprint density at radius 3 is 2.30 bits per heavy atom. The van der Waals surface area contributed by atoms with Crippen LogP contribution >= 0.6 is 11.6 Å². The van der Waals surface area contributed by atoms with E-state index in [0.717, 1.165) is 16.7 Å². The first-order valence-electron chi connectivity index (χ1n) is 7.16. The number of nitrogen functional groups attached to an aromatic ring is 1. The molecule has 23 heavy (non-hydrogen) atoms. The third-order valence-electron chi connectivity index (χ3n) is 3.61. The molecule has 0 aliphatic carbocycles. The van der Waals surface area contributed by atoms with Gasteiger partial charge in [0.1, 0.15) is 5.75 Å². The van der Waals surface area contributed by atoms with Gasteiger partial charge in [0.05, 0.1) is 11.4 Å². The predicted octanol–water partition coefficient (Wildman–Crippen LogP) is 4.37. The van der Waals surface area contributed by atoms with Crippen molar-refractivity contribution in [2.45, 2.75) is 13.8 Å². The number of aromatic hydroxyl groups is 1. The van der Waals surface area contributed by atoms with E-state index in [-0.39, 0.29) is 11.7 Å². The van der Waals surface area contributed by atoms with E-state index < -0.39 is 0 Å².